The number of nitrogens with one attached hydrogen (secondary N) is 1. The number of carbonyl (C=O) groups excluding carboxylic acids is 1. The maximum absolute atomic E-state index is 12.9. The number of hydrogen-bond acceptors (Lipinski definition) is 3. The Morgan fingerprint density at radius 1 is 1.36 bits per heavy atom. The van der Waals surface area contributed by atoms with Crippen LogP contribution in [0.4, 0.5) is 0 Å². The lowest BCUT2D eigenvalue weighted by atomic mass is 10.0. The molecule has 4 nitrogen and oxygen atoms in total. The Bertz CT molecular complexity index is 689. The summed E-state index contributed by atoms with van der Waals surface area (Å²) < 4.78 is 0. The molecule has 1 saturated heterocycles. The second kappa shape index (κ2) is 6.46. The fourth-order valence-electron chi connectivity index (χ4n) is 2.81. The van der Waals surface area contributed by atoms with E-state index >= 15 is 0 Å². The molecule has 1 atom stereocenters. The fourth-order valence-corrected chi connectivity index (χ4v) is 3.07. The van der Waals surface area contributed by atoms with Gasteiger partial charge in [-0.2, -0.15) is 0 Å². The van der Waals surface area contributed by atoms with E-state index in [1.54, 1.807) is 12.4 Å². The van der Waals surface area contributed by atoms with Crippen molar-refractivity contribution in [3.05, 3.63) is 64.4 Å². The molecule has 1 N–H and O–H groups in total. The van der Waals surface area contributed by atoms with Crippen molar-refractivity contribution in [1.29, 1.82) is 0 Å². The third-order valence-corrected chi connectivity index (χ3v) is 4.23. The standard InChI is InChI=1S/C17H18ClN3O/c1-12-8-13(10-20-9-12)17(22)21-7-6-19-11-16(21)14-4-2-3-5-15(14)18/h2-5,8-10,16,19H,6-7,11H2,1H3. The predicted molar refractivity (Wildman–Crippen MR) is 87.1 cm³/mol. The molecule has 1 amide bonds. The lowest BCUT2D eigenvalue weighted by molar-refractivity contribution is 0.0634. The highest BCUT2D eigenvalue weighted by atomic mass is 35.5. The number of rotatable bonds is 2. The highest BCUT2D eigenvalue weighted by Gasteiger charge is 2.29. The zero-order valence-corrected chi connectivity index (χ0v) is 13.2. The van der Waals surface area contributed by atoms with Crippen LogP contribution in [0.1, 0.15) is 27.5 Å². The van der Waals surface area contributed by atoms with Crippen LogP contribution in [0.3, 0.4) is 0 Å². The molecule has 22 heavy (non-hydrogen) atoms. The first kappa shape index (κ1) is 15.0. The number of hydrogen-bond donors (Lipinski definition) is 1. The topological polar surface area (TPSA) is 45.2 Å². The minimum atomic E-state index is -0.0598. The minimum Gasteiger partial charge on any atom is -0.329 e. The van der Waals surface area contributed by atoms with E-state index in [1.165, 1.54) is 0 Å². The second-order valence-electron chi connectivity index (χ2n) is 5.49. The predicted octanol–water partition coefficient (Wildman–Crippen LogP) is 2.83. The second-order valence-corrected chi connectivity index (χ2v) is 5.90. The van der Waals surface area contributed by atoms with Crippen LogP contribution in [0, 0.1) is 6.92 Å². The van der Waals surface area contributed by atoms with Gasteiger partial charge in [0.25, 0.3) is 5.91 Å². The monoisotopic (exact) mass is 315 g/mol. The van der Waals surface area contributed by atoms with E-state index in [4.69, 9.17) is 11.6 Å². The molecule has 0 spiro atoms. The van der Waals surface area contributed by atoms with Crippen LogP contribution >= 0.6 is 11.6 Å². The smallest absolute Gasteiger partial charge is 0.256 e. The van der Waals surface area contributed by atoms with E-state index in [2.05, 4.69) is 10.3 Å². The van der Waals surface area contributed by atoms with Crippen LogP contribution in [-0.2, 0) is 0 Å². The van der Waals surface area contributed by atoms with Gasteiger partial charge in [-0.15, -0.1) is 0 Å². The number of aryl methyl sites for hydroxylation is 1. The molecule has 1 aromatic carbocycles. The summed E-state index contributed by atoms with van der Waals surface area (Å²) in [6, 6.07) is 9.51. The number of pyridine rings is 1. The van der Waals surface area contributed by atoms with Gasteiger partial charge in [-0.25, -0.2) is 0 Å². The summed E-state index contributed by atoms with van der Waals surface area (Å²) in [5, 5.41) is 4.03. The van der Waals surface area contributed by atoms with Crippen molar-refractivity contribution in [3.8, 4) is 0 Å². The average molecular weight is 316 g/mol. The van der Waals surface area contributed by atoms with E-state index in [9.17, 15) is 4.79 Å². The van der Waals surface area contributed by atoms with E-state index in [0.717, 1.165) is 17.7 Å². The van der Waals surface area contributed by atoms with Gasteiger partial charge in [0.05, 0.1) is 11.6 Å². The van der Waals surface area contributed by atoms with Gasteiger partial charge in [-0.3, -0.25) is 9.78 Å². The lowest BCUT2D eigenvalue weighted by Crippen LogP contribution is -2.48. The van der Waals surface area contributed by atoms with Crippen molar-refractivity contribution in [3.63, 3.8) is 0 Å². The van der Waals surface area contributed by atoms with Gasteiger partial charge in [0, 0.05) is 37.1 Å². The SMILES string of the molecule is Cc1cncc(C(=O)N2CCNCC2c2ccccc2Cl)c1. The Morgan fingerprint density at radius 2 is 2.18 bits per heavy atom. The highest BCUT2D eigenvalue weighted by molar-refractivity contribution is 6.31. The van der Waals surface area contributed by atoms with Crippen LogP contribution in [0.2, 0.25) is 5.02 Å². The fraction of sp³-hybridized carbons (Fsp3) is 0.294. The maximum atomic E-state index is 12.9. The Labute approximate surface area is 135 Å². The Hall–Kier alpha value is -1.91. The molecule has 0 saturated carbocycles. The normalized spacial score (nSPS) is 18.3. The Balaban J connectivity index is 1.93. The zero-order valence-electron chi connectivity index (χ0n) is 12.4. The highest BCUT2D eigenvalue weighted by Crippen LogP contribution is 2.29. The third kappa shape index (κ3) is 2.98. The largest absolute Gasteiger partial charge is 0.329 e. The van der Waals surface area contributed by atoms with Crippen molar-refractivity contribution < 1.29 is 4.79 Å². The molecule has 1 aliphatic rings. The summed E-state index contributed by atoms with van der Waals surface area (Å²) in [4.78, 5) is 18.9. The van der Waals surface area contributed by atoms with E-state index in [-0.39, 0.29) is 11.9 Å². The summed E-state index contributed by atoms with van der Waals surface area (Å²) in [6.45, 7) is 4.08. The molecule has 0 radical (unpaired) electrons. The molecule has 1 fully saturated rings. The van der Waals surface area contributed by atoms with Crippen molar-refractivity contribution in [2.24, 2.45) is 0 Å². The van der Waals surface area contributed by atoms with Crippen molar-refractivity contribution in [2.75, 3.05) is 19.6 Å². The number of nitrogens with zero attached hydrogens (tertiary/aromatic N) is 2. The molecule has 3 rings (SSSR count). The van der Waals surface area contributed by atoms with Crippen molar-refractivity contribution >= 4 is 17.5 Å². The zero-order chi connectivity index (χ0) is 15.5. The van der Waals surface area contributed by atoms with E-state index in [0.29, 0.717) is 23.7 Å². The number of halogens is 1. The summed E-state index contributed by atoms with van der Waals surface area (Å²) >= 11 is 6.32. The average Bonchev–Trinajstić information content (AvgIpc) is 2.55. The van der Waals surface area contributed by atoms with Crippen molar-refractivity contribution in [1.82, 2.24) is 15.2 Å². The van der Waals surface area contributed by atoms with Crippen molar-refractivity contribution in [2.45, 2.75) is 13.0 Å². The summed E-state index contributed by atoms with van der Waals surface area (Å²) in [5.74, 6) is 0.00243. The maximum Gasteiger partial charge on any atom is 0.256 e. The molecule has 0 bridgehead atoms. The molecule has 1 unspecified atom stereocenters. The van der Waals surface area contributed by atoms with E-state index < -0.39 is 0 Å². The first-order chi connectivity index (χ1) is 10.7. The van der Waals surface area contributed by atoms with Crippen LogP contribution in [0.15, 0.2) is 42.7 Å². The van der Waals surface area contributed by atoms with Gasteiger partial charge < -0.3 is 10.2 Å². The molecule has 2 heterocycles. The first-order valence-corrected chi connectivity index (χ1v) is 7.72. The minimum absolute atomic E-state index is 0.00243. The van der Waals surface area contributed by atoms with Gasteiger partial charge in [0.1, 0.15) is 0 Å². The summed E-state index contributed by atoms with van der Waals surface area (Å²) in [5.41, 5.74) is 2.58. The third-order valence-electron chi connectivity index (χ3n) is 3.89. The molecule has 0 aliphatic carbocycles. The van der Waals surface area contributed by atoms with Crippen LogP contribution in [0.5, 0.6) is 0 Å². The van der Waals surface area contributed by atoms with Gasteiger partial charge in [0.15, 0.2) is 0 Å². The quantitative estimate of drug-likeness (QED) is 0.927. The van der Waals surface area contributed by atoms with Crippen LogP contribution < -0.4 is 5.32 Å². The summed E-state index contributed by atoms with van der Waals surface area (Å²) in [7, 11) is 0. The number of piperazine rings is 1. The number of benzene rings is 1. The number of amides is 1. The molecular formula is C17H18ClN3O. The molecule has 5 heteroatoms. The lowest BCUT2D eigenvalue weighted by Gasteiger charge is -2.37. The molecule has 1 aromatic heterocycles. The number of aromatic nitrogens is 1. The molecule has 1 aliphatic heterocycles. The molecular weight excluding hydrogens is 298 g/mol. The number of carbonyl (C=O) groups is 1. The van der Waals surface area contributed by atoms with Gasteiger partial charge in [-0.1, -0.05) is 29.8 Å². The van der Waals surface area contributed by atoms with Crippen LogP contribution in [0.25, 0.3) is 0 Å². The Morgan fingerprint density at radius 3 is 2.95 bits per heavy atom. The first-order valence-electron chi connectivity index (χ1n) is 7.34. The Kier molecular flexibility index (Phi) is 4.41. The summed E-state index contributed by atoms with van der Waals surface area (Å²) in [6.07, 6.45) is 3.38. The molecule has 2 aromatic rings. The van der Waals surface area contributed by atoms with Crippen LogP contribution in [-0.4, -0.2) is 35.4 Å². The van der Waals surface area contributed by atoms with Gasteiger partial charge in [0.2, 0.25) is 0 Å². The van der Waals surface area contributed by atoms with Gasteiger partial charge >= 0.3 is 0 Å². The van der Waals surface area contributed by atoms with Gasteiger partial charge in [-0.05, 0) is 30.2 Å². The van der Waals surface area contributed by atoms with E-state index in [1.807, 2.05) is 42.2 Å². The molecule has 114 valence electrons.